The normalized spacial score (nSPS) is 17.7. The van der Waals surface area contributed by atoms with E-state index in [1.165, 1.54) is 24.3 Å². The van der Waals surface area contributed by atoms with Gasteiger partial charge in [-0.2, -0.15) is 0 Å². The van der Waals surface area contributed by atoms with E-state index in [9.17, 15) is 18.0 Å². The van der Waals surface area contributed by atoms with Crippen molar-refractivity contribution in [2.24, 2.45) is 5.92 Å². The Kier molecular flexibility index (Phi) is 7.79. The van der Waals surface area contributed by atoms with Gasteiger partial charge in [0.25, 0.3) is 0 Å². The number of hydrogen-bond acceptors (Lipinski definition) is 3. The molecule has 4 rings (SSSR count). The molecule has 35 heavy (non-hydrogen) atoms. The number of esters is 1. The summed E-state index contributed by atoms with van der Waals surface area (Å²) in [6.07, 6.45) is 4.99. The molecule has 0 atom stereocenters. The van der Waals surface area contributed by atoms with E-state index in [2.05, 4.69) is 6.92 Å². The molecule has 184 valence electrons. The monoisotopic (exact) mass is 482 g/mol. The van der Waals surface area contributed by atoms with Gasteiger partial charge >= 0.3 is 5.97 Å². The quantitative estimate of drug-likeness (QED) is 0.252. The standard InChI is InChI=1S/C29H29F3O3/c1-3-18-5-7-19(8-6-18)23-14-15-24(28(32)27(23)31)20-9-12-22(13-10-20)35-29(33)21-11-16-26(34-4-2)25(30)17-21/h9-19H,3-8H2,1-2H3. The van der Waals surface area contributed by atoms with Gasteiger partial charge in [-0.1, -0.05) is 37.6 Å². The van der Waals surface area contributed by atoms with Crippen molar-refractivity contribution in [3.63, 3.8) is 0 Å². The van der Waals surface area contributed by atoms with E-state index in [4.69, 9.17) is 9.47 Å². The summed E-state index contributed by atoms with van der Waals surface area (Å²) < 4.78 is 54.4. The summed E-state index contributed by atoms with van der Waals surface area (Å²) in [6.45, 7) is 4.21. The van der Waals surface area contributed by atoms with Crippen LogP contribution in [0.1, 0.15) is 67.8 Å². The molecule has 0 spiro atoms. The first kappa shape index (κ1) is 24.8. The molecule has 1 aliphatic rings. The van der Waals surface area contributed by atoms with Gasteiger partial charge in [-0.15, -0.1) is 0 Å². The van der Waals surface area contributed by atoms with Crippen LogP contribution in [-0.2, 0) is 0 Å². The van der Waals surface area contributed by atoms with Gasteiger partial charge in [0.1, 0.15) is 5.75 Å². The van der Waals surface area contributed by atoms with E-state index in [0.29, 0.717) is 23.7 Å². The van der Waals surface area contributed by atoms with Crippen molar-refractivity contribution >= 4 is 5.97 Å². The van der Waals surface area contributed by atoms with Gasteiger partial charge in [0.2, 0.25) is 0 Å². The van der Waals surface area contributed by atoms with Gasteiger partial charge in [-0.05, 0) is 85.9 Å². The lowest BCUT2D eigenvalue weighted by Gasteiger charge is -2.28. The minimum atomic E-state index is -0.866. The summed E-state index contributed by atoms with van der Waals surface area (Å²) in [5.41, 5.74) is 1.11. The van der Waals surface area contributed by atoms with Gasteiger partial charge < -0.3 is 9.47 Å². The van der Waals surface area contributed by atoms with Crippen molar-refractivity contribution < 1.29 is 27.4 Å². The third-order valence-corrected chi connectivity index (χ3v) is 6.82. The van der Waals surface area contributed by atoms with Crippen molar-refractivity contribution in [2.45, 2.75) is 51.9 Å². The number of benzene rings is 3. The van der Waals surface area contributed by atoms with Crippen LogP contribution in [0, 0.1) is 23.4 Å². The van der Waals surface area contributed by atoms with E-state index in [-0.39, 0.29) is 28.5 Å². The Balaban J connectivity index is 1.46. The summed E-state index contributed by atoms with van der Waals surface area (Å²) >= 11 is 0. The molecule has 1 saturated carbocycles. The van der Waals surface area contributed by atoms with Crippen molar-refractivity contribution in [2.75, 3.05) is 6.61 Å². The zero-order valence-electron chi connectivity index (χ0n) is 20.0. The highest BCUT2D eigenvalue weighted by atomic mass is 19.2. The fraction of sp³-hybridized carbons (Fsp3) is 0.345. The predicted octanol–water partition coefficient (Wildman–Crippen LogP) is 8.07. The van der Waals surface area contributed by atoms with Crippen LogP contribution in [0.2, 0.25) is 0 Å². The van der Waals surface area contributed by atoms with Crippen LogP contribution in [-0.4, -0.2) is 12.6 Å². The van der Waals surface area contributed by atoms with E-state index in [1.54, 1.807) is 31.2 Å². The van der Waals surface area contributed by atoms with Crippen molar-refractivity contribution in [3.05, 3.63) is 83.2 Å². The molecule has 0 radical (unpaired) electrons. The highest BCUT2D eigenvalue weighted by molar-refractivity contribution is 5.91. The molecule has 0 aromatic heterocycles. The van der Waals surface area contributed by atoms with Crippen molar-refractivity contribution in [3.8, 4) is 22.6 Å². The summed E-state index contributed by atoms with van der Waals surface area (Å²) in [6, 6.07) is 13.3. The third-order valence-electron chi connectivity index (χ3n) is 6.82. The highest BCUT2D eigenvalue weighted by Crippen LogP contribution is 2.39. The number of carbonyl (C=O) groups is 1. The first-order chi connectivity index (χ1) is 16.9. The number of hydrogen-bond donors (Lipinski definition) is 0. The molecule has 0 amide bonds. The number of halogens is 3. The Morgan fingerprint density at radius 2 is 1.60 bits per heavy atom. The molecule has 0 heterocycles. The summed E-state index contributed by atoms with van der Waals surface area (Å²) in [5.74, 6) is -2.05. The second-order valence-electron chi connectivity index (χ2n) is 8.95. The SMILES string of the molecule is CCOc1ccc(C(=O)Oc2ccc(-c3ccc(C4CCC(CC)CC4)c(F)c3F)cc2)cc1F. The van der Waals surface area contributed by atoms with Gasteiger partial charge in [-0.25, -0.2) is 18.0 Å². The van der Waals surface area contributed by atoms with Gasteiger partial charge in [0, 0.05) is 5.56 Å². The van der Waals surface area contributed by atoms with E-state index in [1.807, 2.05) is 0 Å². The molecule has 0 bridgehead atoms. The molecule has 3 aromatic carbocycles. The lowest BCUT2D eigenvalue weighted by atomic mass is 9.77. The van der Waals surface area contributed by atoms with Crippen LogP contribution in [0.15, 0.2) is 54.6 Å². The lowest BCUT2D eigenvalue weighted by Crippen LogP contribution is -2.14. The highest BCUT2D eigenvalue weighted by Gasteiger charge is 2.26. The zero-order valence-corrected chi connectivity index (χ0v) is 20.0. The van der Waals surface area contributed by atoms with Crippen molar-refractivity contribution in [1.29, 1.82) is 0 Å². The van der Waals surface area contributed by atoms with Gasteiger partial charge in [0.15, 0.2) is 23.2 Å². The summed E-state index contributed by atoms with van der Waals surface area (Å²) in [7, 11) is 0. The first-order valence-corrected chi connectivity index (χ1v) is 12.1. The predicted molar refractivity (Wildman–Crippen MR) is 129 cm³/mol. The molecular weight excluding hydrogens is 453 g/mol. The number of ether oxygens (including phenoxy) is 2. The molecule has 3 aromatic rings. The Hall–Kier alpha value is -3.28. The Labute approximate surface area is 203 Å². The maximum Gasteiger partial charge on any atom is 0.343 e. The average Bonchev–Trinajstić information content (AvgIpc) is 2.87. The van der Waals surface area contributed by atoms with E-state index in [0.717, 1.165) is 38.2 Å². The van der Waals surface area contributed by atoms with Crippen LogP contribution < -0.4 is 9.47 Å². The van der Waals surface area contributed by atoms with Gasteiger partial charge in [0.05, 0.1) is 12.2 Å². The van der Waals surface area contributed by atoms with E-state index >= 15 is 0 Å². The summed E-state index contributed by atoms with van der Waals surface area (Å²) in [4.78, 5) is 12.4. The molecule has 0 unspecified atom stereocenters. The molecule has 6 heteroatoms. The Morgan fingerprint density at radius 3 is 2.23 bits per heavy atom. The fourth-order valence-electron chi connectivity index (χ4n) is 4.75. The number of carbonyl (C=O) groups excluding carboxylic acids is 1. The van der Waals surface area contributed by atoms with Gasteiger partial charge in [-0.3, -0.25) is 0 Å². The maximum absolute atomic E-state index is 15.0. The van der Waals surface area contributed by atoms with Crippen LogP contribution in [0.5, 0.6) is 11.5 Å². The third kappa shape index (κ3) is 5.53. The first-order valence-electron chi connectivity index (χ1n) is 12.1. The van der Waals surface area contributed by atoms with Crippen molar-refractivity contribution in [1.82, 2.24) is 0 Å². The molecule has 3 nitrogen and oxygen atoms in total. The van der Waals surface area contributed by atoms with Crippen LogP contribution in [0.25, 0.3) is 11.1 Å². The molecule has 0 N–H and O–H groups in total. The fourth-order valence-corrected chi connectivity index (χ4v) is 4.75. The molecule has 0 aliphatic heterocycles. The molecule has 1 fully saturated rings. The Bertz CT molecular complexity index is 1180. The maximum atomic E-state index is 15.0. The summed E-state index contributed by atoms with van der Waals surface area (Å²) in [5, 5.41) is 0. The largest absolute Gasteiger partial charge is 0.491 e. The molecular formula is C29H29F3O3. The van der Waals surface area contributed by atoms with Crippen LogP contribution in [0.4, 0.5) is 13.2 Å². The number of rotatable bonds is 7. The molecule has 1 aliphatic carbocycles. The lowest BCUT2D eigenvalue weighted by molar-refractivity contribution is 0.0734. The minimum absolute atomic E-state index is 0.0340. The van der Waals surface area contributed by atoms with Crippen LogP contribution >= 0.6 is 0 Å². The average molecular weight is 483 g/mol. The van der Waals surface area contributed by atoms with Crippen LogP contribution in [0.3, 0.4) is 0 Å². The molecule has 0 saturated heterocycles. The topological polar surface area (TPSA) is 35.5 Å². The smallest absolute Gasteiger partial charge is 0.343 e. The Morgan fingerprint density at radius 1 is 0.886 bits per heavy atom. The van der Waals surface area contributed by atoms with E-state index < -0.39 is 23.4 Å². The second kappa shape index (κ2) is 11.0. The zero-order chi connectivity index (χ0) is 24.9. The second-order valence-corrected chi connectivity index (χ2v) is 8.95. The minimum Gasteiger partial charge on any atom is -0.491 e.